The maximum atomic E-state index is 4.36. The topological polar surface area (TPSA) is 37.8 Å². The highest BCUT2D eigenvalue weighted by Gasteiger charge is 2.36. The molecule has 3 rings (SSSR count). The van der Waals surface area contributed by atoms with Crippen molar-refractivity contribution in [3.63, 3.8) is 0 Å². The molecular weight excluding hydrogens is 234 g/mol. The summed E-state index contributed by atoms with van der Waals surface area (Å²) in [7, 11) is 0. The summed E-state index contributed by atoms with van der Waals surface area (Å²) in [5.74, 6) is 0.715. The Labute approximate surface area is 114 Å². The molecule has 19 heavy (non-hydrogen) atoms. The van der Waals surface area contributed by atoms with E-state index >= 15 is 0 Å². The number of hydrogen-bond donors (Lipinski definition) is 1. The normalized spacial score (nSPS) is 25.6. The summed E-state index contributed by atoms with van der Waals surface area (Å²) in [6.45, 7) is 7.06. The summed E-state index contributed by atoms with van der Waals surface area (Å²) in [4.78, 5) is 8.66. The summed E-state index contributed by atoms with van der Waals surface area (Å²) >= 11 is 0. The lowest BCUT2D eigenvalue weighted by molar-refractivity contribution is 0.366. The van der Waals surface area contributed by atoms with Crippen molar-refractivity contribution >= 4 is 16.7 Å². The van der Waals surface area contributed by atoms with E-state index in [2.05, 4.69) is 48.2 Å². The van der Waals surface area contributed by atoms with Crippen LogP contribution in [0.3, 0.4) is 0 Å². The van der Waals surface area contributed by atoms with Crippen LogP contribution in [-0.4, -0.2) is 16.0 Å². The van der Waals surface area contributed by atoms with Gasteiger partial charge >= 0.3 is 0 Å². The highest BCUT2D eigenvalue weighted by atomic mass is 14.9. The molecule has 1 saturated carbocycles. The van der Waals surface area contributed by atoms with Crippen LogP contribution in [-0.2, 0) is 0 Å². The first-order valence-electron chi connectivity index (χ1n) is 7.01. The van der Waals surface area contributed by atoms with E-state index in [1.807, 2.05) is 6.07 Å². The predicted molar refractivity (Wildman–Crippen MR) is 79.1 cm³/mol. The molecule has 2 unspecified atom stereocenters. The van der Waals surface area contributed by atoms with Crippen LogP contribution >= 0.6 is 0 Å². The van der Waals surface area contributed by atoms with E-state index in [0.29, 0.717) is 17.4 Å². The second-order valence-corrected chi connectivity index (χ2v) is 6.56. The zero-order valence-corrected chi connectivity index (χ0v) is 11.9. The van der Waals surface area contributed by atoms with E-state index in [-0.39, 0.29) is 0 Å². The molecule has 0 aliphatic heterocycles. The van der Waals surface area contributed by atoms with Crippen molar-refractivity contribution in [2.24, 2.45) is 11.3 Å². The summed E-state index contributed by atoms with van der Waals surface area (Å²) < 4.78 is 0. The number of anilines is 1. The zero-order valence-electron chi connectivity index (χ0n) is 11.9. The fourth-order valence-electron chi connectivity index (χ4n) is 3.35. The van der Waals surface area contributed by atoms with Crippen LogP contribution in [0.4, 0.5) is 5.69 Å². The van der Waals surface area contributed by atoms with E-state index in [1.165, 1.54) is 12.8 Å². The Bertz CT molecular complexity index is 591. The molecule has 0 amide bonds. The molecule has 1 aromatic carbocycles. The van der Waals surface area contributed by atoms with Gasteiger partial charge in [-0.2, -0.15) is 0 Å². The molecule has 2 aromatic rings. The third-order valence-electron chi connectivity index (χ3n) is 4.16. The number of nitrogens with one attached hydrogen (secondary N) is 1. The minimum atomic E-state index is 0.452. The van der Waals surface area contributed by atoms with Crippen molar-refractivity contribution in [3.05, 3.63) is 30.6 Å². The molecule has 1 aliphatic rings. The van der Waals surface area contributed by atoms with Gasteiger partial charge in [-0.3, -0.25) is 9.97 Å². The van der Waals surface area contributed by atoms with E-state index in [0.717, 1.165) is 16.7 Å². The van der Waals surface area contributed by atoms with Crippen molar-refractivity contribution in [2.45, 2.75) is 39.7 Å². The Balaban J connectivity index is 1.82. The summed E-state index contributed by atoms with van der Waals surface area (Å²) in [6.07, 6.45) is 6.00. The highest BCUT2D eigenvalue weighted by molar-refractivity contribution is 5.78. The number of hydrogen-bond acceptors (Lipinski definition) is 3. The lowest BCUT2D eigenvalue weighted by Crippen LogP contribution is -2.22. The number of fused-ring (bicyclic) bond motifs is 1. The number of aromatic nitrogens is 2. The molecule has 3 heteroatoms. The van der Waals surface area contributed by atoms with Crippen molar-refractivity contribution in [1.29, 1.82) is 0 Å². The fourth-order valence-corrected chi connectivity index (χ4v) is 3.35. The van der Waals surface area contributed by atoms with E-state index in [4.69, 9.17) is 0 Å². The number of rotatable bonds is 2. The third-order valence-corrected chi connectivity index (χ3v) is 4.16. The molecule has 1 aromatic heterocycles. The van der Waals surface area contributed by atoms with Gasteiger partial charge in [0.15, 0.2) is 0 Å². The van der Waals surface area contributed by atoms with Gasteiger partial charge in [-0.1, -0.05) is 20.8 Å². The molecule has 0 bridgehead atoms. The molecule has 100 valence electrons. The van der Waals surface area contributed by atoms with Crippen molar-refractivity contribution in [1.82, 2.24) is 9.97 Å². The van der Waals surface area contributed by atoms with Gasteiger partial charge in [-0.05, 0) is 42.4 Å². The van der Waals surface area contributed by atoms with Crippen LogP contribution in [0.1, 0.15) is 33.6 Å². The molecule has 0 saturated heterocycles. The molecule has 1 fully saturated rings. The first-order valence-corrected chi connectivity index (χ1v) is 7.01. The van der Waals surface area contributed by atoms with Crippen molar-refractivity contribution in [2.75, 3.05) is 5.32 Å². The van der Waals surface area contributed by atoms with E-state index in [1.54, 1.807) is 12.4 Å². The fraction of sp³-hybridized carbons (Fsp3) is 0.500. The summed E-state index contributed by atoms with van der Waals surface area (Å²) in [6, 6.07) is 6.80. The number of benzene rings is 1. The quantitative estimate of drug-likeness (QED) is 0.885. The van der Waals surface area contributed by atoms with Gasteiger partial charge in [0.05, 0.1) is 11.0 Å². The highest BCUT2D eigenvalue weighted by Crippen LogP contribution is 2.42. The Morgan fingerprint density at radius 3 is 2.53 bits per heavy atom. The molecule has 3 nitrogen and oxygen atoms in total. The van der Waals surface area contributed by atoms with Gasteiger partial charge in [0.1, 0.15) is 0 Å². The number of nitrogens with zero attached hydrogens (tertiary/aromatic N) is 2. The Hall–Kier alpha value is -1.64. The van der Waals surface area contributed by atoms with Crippen molar-refractivity contribution < 1.29 is 0 Å². The van der Waals surface area contributed by atoms with Crippen LogP contribution in [0, 0.1) is 11.3 Å². The second-order valence-electron chi connectivity index (χ2n) is 6.56. The first-order chi connectivity index (χ1) is 9.03. The van der Waals surface area contributed by atoms with Crippen LogP contribution in [0.5, 0.6) is 0 Å². The molecular formula is C16H21N3. The maximum absolute atomic E-state index is 4.36. The average molecular weight is 255 g/mol. The standard InChI is InChI=1S/C16H21N3/c1-11-9-16(2,3)10-15(11)19-12-4-5-13-14(8-12)18-7-6-17-13/h4-8,11,15,19H,9-10H2,1-3H3. The predicted octanol–water partition coefficient (Wildman–Crippen LogP) is 3.87. The zero-order chi connectivity index (χ0) is 13.5. The Kier molecular flexibility index (Phi) is 2.92. The van der Waals surface area contributed by atoms with Gasteiger partial charge in [0.2, 0.25) is 0 Å². The van der Waals surface area contributed by atoms with Gasteiger partial charge < -0.3 is 5.32 Å². The van der Waals surface area contributed by atoms with Gasteiger partial charge in [-0.15, -0.1) is 0 Å². The van der Waals surface area contributed by atoms with Gasteiger partial charge in [-0.25, -0.2) is 0 Å². The first kappa shape index (κ1) is 12.4. The lowest BCUT2D eigenvalue weighted by Gasteiger charge is -2.20. The lowest BCUT2D eigenvalue weighted by atomic mass is 9.91. The molecule has 0 spiro atoms. The summed E-state index contributed by atoms with van der Waals surface area (Å²) in [5, 5.41) is 3.67. The Morgan fingerprint density at radius 1 is 1.11 bits per heavy atom. The minimum Gasteiger partial charge on any atom is -0.382 e. The van der Waals surface area contributed by atoms with Crippen LogP contribution in [0.15, 0.2) is 30.6 Å². The monoisotopic (exact) mass is 255 g/mol. The van der Waals surface area contributed by atoms with E-state index < -0.39 is 0 Å². The van der Waals surface area contributed by atoms with Crippen LogP contribution in [0.2, 0.25) is 0 Å². The maximum Gasteiger partial charge on any atom is 0.0907 e. The molecule has 0 radical (unpaired) electrons. The average Bonchev–Trinajstić information content (AvgIpc) is 2.62. The molecule has 1 aliphatic carbocycles. The molecule has 1 heterocycles. The van der Waals surface area contributed by atoms with Crippen molar-refractivity contribution in [3.8, 4) is 0 Å². The summed E-state index contributed by atoms with van der Waals surface area (Å²) in [5.41, 5.74) is 3.51. The van der Waals surface area contributed by atoms with Gasteiger partial charge in [0.25, 0.3) is 0 Å². The molecule has 2 atom stereocenters. The smallest absolute Gasteiger partial charge is 0.0907 e. The molecule has 1 N–H and O–H groups in total. The SMILES string of the molecule is CC1CC(C)(C)CC1Nc1ccc2nccnc2c1. The van der Waals surface area contributed by atoms with E-state index in [9.17, 15) is 0 Å². The second kappa shape index (κ2) is 4.48. The van der Waals surface area contributed by atoms with Crippen LogP contribution < -0.4 is 5.32 Å². The third kappa shape index (κ3) is 2.55. The Morgan fingerprint density at radius 2 is 1.84 bits per heavy atom. The minimum absolute atomic E-state index is 0.452. The van der Waals surface area contributed by atoms with Crippen LogP contribution in [0.25, 0.3) is 11.0 Å². The van der Waals surface area contributed by atoms with Gasteiger partial charge in [0, 0.05) is 24.1 Å². The largest absolute Gasteiger partial charge is 0.382 e.